The highest BCUT2D eigenvalue weighted by Gasteiger charge is 2.16. The third-order valence-electron chi connectivity index (χ3n) is 3.23. The maximum absolute atomic E-state index is 3.55. The van der Waals surface area contributed by atoms with Gasteiger partial charge >= 0.3 is 0 Å². The molecule has 1 nitrogen and oxygen atoms in total. The van der Waals surface area contributed by atoms with Crippen molar-refractivity contribution >= 4 is 0 Å². The number of nitrogens with one attached hydrogen (secondary N) is 1. The van der Waals surface area contributed by atoms with E-state index in [1.807, 2.05) is 6.92 Å². The van der Waals surface area contributed by atoms with Crippen LogP contribution in [0.2, 0.25) is 0 Å². The fourth-order valence-corrected chi connectivity index (χ4v) is 2.40. The predicted octanol–water partition coefficient (Wildman–Crippen LogP) is 3.07. The highest BCUT2D eigenvalue weighted by Crippen LogP contribution is 2.28. The molecule has 0 aliphatic heterocycles. The van der Waals surface area contributed by atoms with Crippen LogP contribution in [0.1, 0.15) is 43.4 Å². The van der Waals surface area contributed by atoms with E-state index < -0.39 is 0 Å². The monoisotopic (exact) mass is 213 g/mol. The first-order valence-corrected chi connectivity index (χ1v) is 6.12. The van der Waals surface area contributed by atoms with E-state index in [4.69, 9.17) is 0 Å². The lowest BCUT2D eigenvalue weighted by Crippen LogP contribution is -2.21. The number of aryl methyl sites for hydroxylation is 1. The molecule has 2 rings (SSSR count). The summed E-state index contributed by atoms with van der Waals surface area (Å²) in [7, 11) is 0. The highest BCUT2D eigenvalue weighted by atomic mass is 14.9. The molecule has 1 N–H and O–H groups in total. The predicted molar refractivity (Wildman–Crippen MR) is 68.2 cm³/mol. The summed E-state index contributed by atoms with van der Waals surface area (Å²) in [5, 5.41) is 3.55. The topological polar surface area (TPSA) is 12.0 Å². The summed E-state index contributed by atoms with van der Waals surface area (Å²) >= 11 is 0. The second-order valence-electron chi connectivity index (χ2n) is 4.30. The average Bonchev–Trinajstić information content (AvgIpc) is 2.52. The number of fused-ring (bicyclic) bond motifs is 1. The van der Waals surface area contributed by atoms with Crippen LogP contribution in [-0.2, 0) is 6.42 Å². The van der Waals surface area contributed by atoms with Crippen LogP contribution in [0.15, 0.2) is 24.3 Å². The summed E-state index contributed by atoms with van der Waals surface area (Å²) in [5.74, 6) is 6.02. The number of hydrogen-bond donors (Lipinski definition) is 1. The minimum Gasteiger partial charge on any atom is -0.299 e. The summed E-state index contributed by atoms with van der Waals surface area (Å²) in [5.41, 5.74) is 3.00. The molecule has 1 aromatic carbocycles. The Balaban J connectivity index is 2.14. The normalized spacial score (nSPS) is 19.2. The van der Waals surface area contributed by atoms with Crippen molar-refractivity contribution in [3.8, 4) is 11.8 Å². The lowest BCUT2D eigenvalue weighted by Gasteiger charge is -2.17. The first-order valence-electron chi connectivity index (χ1n) is 6.12. The Hall–Kier alpha value is -1.26. The zero-order chi connectivity index (χ0) is 11.2. The molecular weight excluding hydrogens is 194 g/mol. The van der Waals surface area contributed by atoms with Crippen molar-refractivity contribution in [2.24, 2.45) is 0 Å². The van der Waals surface area contributed by atoms with Gasteiger partial charge in [-0.3, -0.25) is 5.32 Å². The third kappa shape index (κ3) is 2.65. The molecule has 1 aromatic rings. The van der Waals surface area contributed by atoms with Crippen LogP contribution in [0.5, 0.6) is 0 Å². The van der Waals surface area contributed by atoms with Crippen molar-refractivity contribution in [1.29, 1.82) is 0 Å². The van der Waals surface area contributed by atoms with Gasteiger partial charge in [0.2, 0.25) is 0 Å². The van der Waals surface area contributed by atoms with Gasteiger partial charge in [0, 0.05) is 6.04 Å². The maximum atomic E-state index is 3.55. The molecule has 16 heavy (non-hydrogen) atoms. The van der Waals surface area contributed by atoms with Crippen molar-refractivity contribution in [2.45, 2.75) is 38.6 Å². The smallest absolute Gasteiger partial charge is 0.0581 e. The zero-order valence-corrected chi connectivity index (χ0v) is 9.92. The molecule has 1 unspecified atom stereocenters. The summed E-state index contributed by atoms with van der Waals surface area (Å²) in [6.45, 7) is 2.69. The van der Waals surface area contributed by atoms with Crippen molar-refractivity contribution in [1.82, 2.24) is 5.32 Å². The molecule has 0 radical (unpaired) electrons. The van der Waals surface area contributed by atoms with Crippen molar-refractivity contribution in [3.05, 3.63) is 35.4 Å². The Kier molecular flexibility index (Phi) is 4.02. The van der Waals surface area contributed by atoms with Crippen LogP contribution in [0.3, 0.4) is 0 Å². The quantitative estimate of drug-likeness (QED) is 0.588. The first-order chi connectivity index (χ1) is 7.92. The van der Waals surface area contributed by atoms with Crippen LogP contribution in [0.4, 0.5) is 0 Å². The maximum Gasteiger partial charge on any atom is 0.0581 e. The first kappa shape index (κ1) is 11.2. The Bertz CT molecular complexity index is 397. The van der Waals surface area contributed by atoms with E-state index in [0.29, 0.717) is 6.04 Å². The lowest BCUT2D eigenvalue weighted by atomic mass is 9.99. The van der Waals surface area contributed by atoms with Gasteiger partial charge in [-0.25, -0.2) is 0 Å². The van der Waals surface area contributed by atoms with E-state index in [9.17, 15) is 0 Å². The lowest BCUT2D eigenvalue weighted by molar-refractivity contribution is 0.517. The van der Waals surface area contributed by atoms with Crippen molar-refractivity contribution in [3.63, 3.8) is 0 Å². The molecule has 0 spiro atoms. The molecule has 1 atom stereocenters. The molecule has 0 saturated carbocycles. The van der Waals surface area contributed by atoms with E-state index in [1.54, 1.807) is 0 Å². The number of benzene rings is 1. The summed E-state index contributed by atoms with van der Waals surface area (Å²) in [6, 6.07) is 9.31. The molecule has 0 amide bonds. The Morgan fingerprint density at radius 3 is 3.06 bits per heavy atom. The minimum atomic E-state index is 0.500. The zero-order valence-electron chi connectivity index (χ0n) is 9.92. The van der Waals surface area contributed by atoms with Crippen LogP contribution < -0.4 is 5.32 Å². The van der Waals surface area contributed by atoms with Crippen LogP contribution in [-0.4, -0.2) is 6.54 Å². The molecule has 0 saturated heterocycles. The molecule has 84 valence electrons. The van der Waals surface area contributed by atoms with Gasteiger partial charge in [-0.1, -0.05) is 36.6 Å². The van der Waals surface area contributed by atoms with Crippen molar-refractivity contribution < 1.29 is 0 Å². The van der Waals surface area contributed by atoms with Gasteiger partial charge in [-0.15, -0.1) is 5.92 Å². The van der Waals surface area contributed by atoms with Crippen LogP contribution in [0.25, 0.3) is 0 Å². The molecule has 0 bridgehead atoms. The molecule has 0 fully saturated rings. The molecule has 1 aliphatic carbocycles. The largest absolute Gasteiger partial charge is 0.299 e. The number of rotatable bonds is 2. The Morgan fingerprint density at radius 1 is 1.31 bits per heavy atom. The van der Waals surface area contributed by atoms with E-state index in [1.165, 1.54) is 36.8 Å². The average molecular weight is 213 g/mol. The molecule has 1 heteroatoms. The molecule has 0 heterocycles. The Labute approximate surface area is 98.3 Å². The summed E-state index contributed by atoms with van der Waals surface area (Å²) in [6.07, 6.45) is 5.09. The highest BCUT2D eigenvalue weighted by molar-refractivity contribution is 5.31. The number of hydrogen-bond acceptors (Lipinski definition) is 1. The standard InChI is InChI=1S/C15H19N/c1-2-3-12-16-15-11-7-5-9-13-8-4-6-10-14(13)15/h4,6,8,10,15-16H,5,7,9,11-12H2,1H3. The summed E-state index contributed by atoms with van der Waals surface area (Å²) < 4.78 is 0. The van der Waals surface area contributed by atoms with E-state index in [-0.39, 0.29) is 0 Å². The van der Waals surface area contributed by atoms with Gasteiger partial charge in [0.15, 0.2) is 0 Å². The van der Waals surface area contributed by atoms with Gasteiger partial charge in [-0.2, -0.15) is 0 Å². The second kappa shape index (κ2) is 5.72. The molecule has 1 aliphatic rings. The van der Waals surface area contributed by atoms with Crippen LogP contribution in [0, 0.1) is 11.8 Å². The molecular formula is C15H19N. The van der Waals surface area contributed by atoms with Gasteiger partial charge in [0.05, 0.1) is 6.54 Å². The van der Waals surface area contributed by atoms with Gasteiger partial charge < -0.3 is 0 Å². The minimum absolute atomic E-state index is 0.500. The summed E-state index contributed by atoms with van der Waals surface area (Å²) in [4.78, 5) is 0. The van der Waals surface area contributed by atoms with Gasteiger partial charge in [0.25, 0.3) is 0 Å². The van der Waals surface area contributed by atoms with E-state index >= 15 is 0 Å². The SMILES string of the molecule is CC#CCNC1CCCCc2ccccc21. The van der Waals surface area contributed by atoms with Crippen molar-refractivity contribution in [2.75, 3.05) is 6.54 Å². The fourth-order valence-electron chi connectivity index (χ4n) is 2.40. The van der Waals surface area contributed by atoms with E-state index in [2.05, 4.69) is 41.4 Å². The van der Waals surface area contributed by atoms with E-state index in [0.717, 1.165) is 6.54 Å². The Morgan fingerprint density at radius 2 is 2.19 bits per heavy atom. The second-order valence-corrected chi connectivity index (χ2v) is 4.30. The third-order valence-corrected chi connectivity index (χ3v) is 3.23. The van der Waals surface area contributed by atoms with Gasteiger partial charge in [0.1, 0.15) is 0 Å². The van der Waals surface area contributed by atoms with Crippen LogP contribution >= 0.6 is 0 Å². The van der Waals surface area contributed by atoms with Gasteiger partial charge in [-0.05, 0) is 37.3 Å². The molecule has 0 aromatic heterocycles. The fraction of sp³-hybridized carbons (Fsp3) is 0.467.